The van der Waals surface area contributed by atoms with Crippen molar-refractivity contribution in [3.05, 3.63) is 0 Å². The van der Waals surface area contributed by atoms with E-state index in [0.717, 1.165) is 0 Å². The average molecular weight is 221 g/mol. The van der Waals surface area contributed by atoms with Crippen molar-refractivity contribution in [1.82, 2.24) is 0 Å². The predicted octanol–water partition coefficient (Wildman–Crippen LogP) is 2.61. The Morgan fingerprint density at radius 2 is 1.58 bits per heavy atom. The third-order valence-corrected chi connectivity index (χ3v) is 15.2. The molecular weight excluding hydrogens is 196 g/mol. The summed E-state index contributed by atoms with van der Waals surface area (Å²) in [6, 6.07) is 1.26. The minimum Gasteiger partial charge on any atom is -0.456 e. The molecule has 0 heterocycles. The molecule has 0 aliphatic carbocycles. The molecule has 74 valence electrons. The second-order valence-corrected chi connectivity index (χ2v) is 16.3. The standard InChI is InChI=1S/C8H24OSi3/c1-7-11(3,4)9-12(5,6)8-10-2/h7-8,10H2,1-6H3. The number of rotatable bonds is 5. The van der Waals surface area contributed by atoms with Crippen LogP contribution in [0.3, 0.4) is 0 Å². The predicted molar refractivity (Wildman–Crippen MR) is 65.7 cm³/mol. The summed E-state index contributed by atoms with van der Waals surface area (Å²) in [6.07, 6.45) is 0. The Hall–Kier alpha value is 0.611. The average Bonchev–Trinajstić information content (AvgIpc) is 1.85. The van der Waals surface area contributed by atoms with Gasteiger partial charge >= 0.3 is 0 Å². The molecule has 0 saturated carbocycles. The van der Waals surface area contributed by atoms with Crippen LogP contribution in [-0.4, -0.2) is 26.2 Å². The summed E-state index contributed by atoms with van der Waals surface area (Å²) in [4.78, 5) is 0. The first-order chi connectivity index (χ1) is 5.33. The Morgan fingerprint density at radius 3 is 1.92 bits per heavy atom. The third kappa shape index (κ3) is 5.29. The molecule has 0 spiro atoms. The zero-order valence-electron chi connectivity index (χ0n) is 9.53. The highest BCUT2D eigenvalue weighted by Crippen LogP contribution is 2.20. The van der Waals surface area contributed by atoms with Gasteiger partial charge in [0.15, 0.2) is 16.6 Å². The smallest absolute Gasteiger partial charge is 0.173 e. The van der Waals surface area contributed by atoms with E-state index in [9.17, 15) is 0 Å². The molecule has 0 amide bonds. The summed E-state index contributed by atoms with van der Waals surface area (Å²) < 4.78 is 6.33. The summed E-state index contributed by atoms with van der Waals surface area (Å²) in [5, 5.41) is 0. The van der Waals surface area contributed by atoms with Gasteiger partial charge in [0, 0.05) is 9.52 Å². The van der Waals surface area contributed by atoms with Crippen LogP contribution in [0.1, 0.15) is 6.92 Å². The van der Waals surface area contributed by atoms with E-state index in [4.69, 9.17) is 4.12 Å². The molecule has 1 nitrogen and oxygen atoms in total. The molecule has 0 aromatic rings. The van der Waals surface area contributed by atoms with Gasteiger partial charge in [-0.3, -0.25) is 0 Å². The van der Waals surface area contributed by atoms with E-state index in [-0.39, 0.29) is 9.52 Å². The maximum atomic E-state index is 6.33. The van der Waals surface area contributed by atoms with Gasteiger partial charge < -0.3 is 4.12 Å². The monoisotopic (exact) mass is 220 g/mol. The second-order valence-electron chi connectivity index (χ2n) is 4.73. The van der Waals surface area contributed by atoms with Crippen molar-refractivity contribution in [3.63, 3.8) is 0 Å². The van der Waals surface area contributed by atoms with Gasteiger partial charge in [-0.15, -0.1) is 0 Å². The van der Waals surface area contributed by atoms with Gasteiger partial charge in [-0.25, -0.2) is 0 Å². The van der Waals surface area contributed by atoms with Gasteiger partial charge in [-0.1, -0.05) is 13.5 Å². The van der Waals surface area contributed by atoms with Crippen molar-refractivity contribution in [2.45, 2.75) is 51.4 Å². The van der Waals surface area contributed by atoms with Crippen LogP contribution >= 0.6 is 0 Å². The van der Waals surface area contributed by atoms with Crippen molar-refractivity contribution in [2.24, 2.45) is 0 Å². The van der Waals surface area contributed by atoms with E-state index >= 15 is 0 Å². The normalized spacial score (nSPS) is 14.5. The van der Waals surface area contributed by atoms with Crippen molar-refractivity contribution in [1.29, 1.82) is 0 Å². The number of hydrogen-bond donors (Lipinski definition) is 0. The lowest BCUT2D eigenvalue weighted by atomic mass is 11.0. The summed E-state index contributed by atoms with van der Waals surface area (Å²) >= 11 is 0. The highest BCUT2D eigenvalue weighted by molar-refractivity contribution is 6.88. The molecule has 0 bridgehead atoms. The van der Waals surface area contributed by atoms with Gasteiger partial charge in [-0.05, 0) is 37.9 Å². The zero-order valence-corrected chi connectivity index (χ0v) is 12.9. The van der Waals surface area contributed by atoms with Crippen LogP contribution in [0.4, 0.5) is 0 Å². The van der Waals surface area contributed by atoms with Crippen LogP contribution in [-0.2, 0) is 4.12 Å². The van der Waals surface area contributed by atoms with Crippen LogP contribution in [0.2, 0.25) is 44.4 Å². The van der Waals surface area contributed by atoms with E-state index in [1.54, 1.807) is 0 Å². The molecule has 4 heteroatoms. The number of hydrogen-bond acceptors (Lipinski definition) is 1. The van der Waals surface area contributed by atoms with E-state index in [1.807, 2.05) is 0 Å². The van der Waals surface area contributed by atoms with E-state index < -0.39 is 16.6 Å². The molecule has 0 atom stereocenters. The van der Waals surface area contributed by atoms with Crippen molar-refractivity contribution < 1.29 is 4.12 Å². The molecule has 12 heavy (non-hydrogen) atoms. The van der Waals surface area contributed by atoms with E-state index in [0.29, 0.717) is 0 Å². The van der Waals surface area contributed by atoms with E-state index in [1.165, 1.54) is 11.7 Å². The van der Waals surface area contributed by atoms with Gasteiger partial charge in [0.1, 0.15) is 0 Å². The van der Waals surface area contributed by atoms with Crippen LogP contribution in [0.25, 0.3) is 0 Å². The first kappa shape index (κ1) is 12.6. The molecule has 0 aromatic carbocycles. The molecule has 0 N–H and O–H groups in total. The SMILES string of the molecule is CC[Si](C)(C)O[Si](C)(C)C[SiH2]C. The fourth-order valence-corrected chi connectivity index (χ4v) is 14.2. The Balaban J connectivity index is 4.04. The van der Waals surface area contributed by atoms with Gasteiger partial charge in [0.05, 0.1) is 0 Å². The Kier molecular flexibility index (Phi) is 4.98. The topological polar surface area (TPSA) is 9.23 Å². The zero-order chi connectivity index (χ0) is 9.83. The first-order valence-corrected chi connectivity index (χ1v) is 13.7. The molecule has 0 radical (unpaired) electrons. The fourth-order valence-electron chi connectivity index (χ4n) is 1.47. The molecule has 0 saturated heterocycles. The summed E-state index contributed by atoms with van der Waals surface area (Å²) in [5.41, 5.74) is 1.45. The van der Waals surface area contributed by atoms with Crippen molar-refractivity contribution >= 4 is 26.2 Å². The summed E-state index contributed by atoms with van der Waals surface area (Å²) in [7, 11) is -2.31. The lowest BCUT2D eigenvalue weighted by Crippen LogP contribution is -2.44. The molecule has 0 fully saturated rings. The highest BCUT2D eigenvalue weighted by Gasteiger charge is 2.30. The summed E-state index contributed by atoms with van der Waals surface area (Å²) in [6.45, 7) is 14.1. The maximum absolute atomic E-state index is 6.33. The van der Waals surface area contributed by atoms with Gasteiger partial charge in [-0.2, -0.15) is 0 Å². The lowest BCUT2D eigenvalue weighted by molar-refractivity contribution is 0.547. The minimum absolute atomic E-state index is 0.192. The first-order valence-electron chi connectivity index (χ1n) is 5.03. The van der Waals surface area contributed by atoms with Crippen molar-refractivity contribution in [2.75, 3.05) is 0 Å². The van der Waals surface area contributed by atoms with Gasteiger partial charge in [0.25, 0.3) is 0 Å². The third-order valence-electron chi connectivity index (χ3n) is 2.26. The molecule has 0 aliphatic heterocycles. The Morgan fingerprint density at radius 1 is 1.08 bits per heavy atom. The summed E-state index contributed by atoms with van der Waals surface area (Å²) in [5.74, 6) is 0. The van der Waals surface area contributed by atoms with Crippen LogP contribution < -0.4 is 0 Å². The molecular formula is C8H24OSi3. The minimum atomic E-state index is -1.27. The van der Waals surface area contributed by atoms with Crippen LogP contribution in [0.5, 0.6) is 0 Å². The Labute approximate surface area is 82.0 Å². The molecule has 0 rings (SSSR count). The van der Waals surface area contributed by atoms with E-state index in [2.05, 4.69) is 39.7 Å². The lowest BCUT2D eigenvalue weighted by Gasteiger charge is -2.33. The molecule has 0 unspecified atom stereocenters. The highest BCUT2D eigenvalue weighted by atomic mass is 28.4. The van der Waals surface area contributed by atoms with Crippen LogP contribution in [0, 0.1) is 0 Å². The fraction of sp³-hybridized carbons (Fsp3) is 1.00. The second kappa shape index (κ2) is 4.74. The van der Waals surface area contributed by atoms with Crippen LogP contribution in [0.15, 0.2) is 0 Å². The maximum Gasteiger partial charge on any atom is 0.173 e. The molecule has 0 aliphatic rings. The molecule has 0 aromatic heterocycles. The van der Waals surface area contributed by atoms with Crippen molar-refractivity contribution in [3.8, 4) is 0 Å². The quantitative estimate of drug-likeness (QED) is 0.647. The van der Waals surface area contributed by atoms with Gasteiger partial charge in [0.2, 0.25) is 0 Å². The Bertz CT molecular complexity index is 134. The largest absolute Gasteiger partial charge is 0.456 e.